The first-order valence-corrected chi connectivity index (χ1v) is 34.1. The molecule has 0 unspecified atom stereocenters. The molecule has 490 valence electrons. The number of nitrogens with zero attached hydrogens (tertiary/aromatic N) is 3. The average Bonchev–Trinajstić information content (AvgIpc) is 0.736. The molecule has 0 saturated heterocycles. The molecule has 0 fully saturated rings. The first-order chi connectivity index (χ1) is 46.6. The average molecular weight is 1280 g/mol. The SMILES string of the molecule is C=C(C)C(=O)NCCCN(Cc1ccccc1B(O)O)Cc1c2ccccc2c(CN(CCCNC(=O)C(=C)C)Cc2ccccc2B(O)O)c2cc(-c3ccc(C4=c5ccc6c/c(=C(\CC)CCCC)ccc6c5Oc5c4ccc4cc(N(CC)CC)ccc54)cc3)ccc12. The molecule has 10 aromatic rings. The van der Waals surface area contributed by atoms with Crippen LogP contribution >= 0.6 is 0 Å². The van der Waals surface area contributed by atoms with Crippen LogP contribution < -0.4 is 41.6 Å². The molecule has 2 amide bonds. The first-order valence-electron chi connectivity index (χ1n) is 34.1. The summed E-state index contributed by atoms with van der Waals surface area (Å²) in [7, 11) is -3.34. The van der Waals surface area contributed by atoms with Crippen LogP contribution in [0, 0.1) is 0 Å². The summed E-state index contributed by atoms with van der Waals surface area (Å²) in [6.07, 6.45) is 5.65. The van der Waals surface area contributed by atoms with Crippen molar-refractivity contribution in [2.24, 2.45) is 0 Å². The van der Waals surface area contributed by atoms with Crippen molar-refractivity contribution >= 4 is 96.9 Å². The molecular formula is C82H89B2N5O7. The minimum Gasteiger partial charge on any atom is -0.455 e. The van der Waals surface area contributed by atoms with Crippen LogP contribution in [-0.2, 0) is 35.8 Å². The monoisotopic (exact) mass is 1280 g/mol. The van der Waals surface area contributed by atoms with Gasteiger partial charge in [0.2, 0.25) is 11.8 Å². The number of rotatable bonds is 29. The Balaban J connectivity index is 1.07. The Morgan fingerprint density at radius 3 is 1.58 bits per heavy atom. The molecule has 12 nitrogen and oxygen atoms in total. The van der Waals surface area contributed by atoms with Gasteiger partial charge >= 0.3 is 14.2 Å². The number of carbonyl (C=O) groups excluding carboxylic acids is 2. The second-order valence-electron chi connectivity index (χ2n) is 25.6. The van der Waals surface area contributed by atoms with Gasteiger partial charge in [-0.3, -0.25) is 19.4 Å². The Morgan fingerprint density at radius 1 is 0.500 bits per heavy atom. The second kappa shape index (κ2) is 31.2. The van der Waals surface area contributed by atoms with Crippen molar-refractivity contribution in [3.8, 4) is 22.6 Å². The summed E-state index contributed by atoms with van der Waals surface area (Å²) in [5, 5.41) is 59.6. The summed E-state index contributed by atoms with van der Waals surface area (Å²) in [6.45, 7) is 25.5. The van der Waals surface area contributed by atoms with Gasteiger partial charge in [-0.2, -0.15) is 0 Å². The van der Waals surface area contributed by atoms with Crippen LogP contribution in [0.2, 0.25) is 0 Å². The van der Waals surface area contributed by atoms with E-state index in [9.17, 15) is 29.7 Å². The van der Waals surface area contributed by atoms with Crippen LogP contribution in [-0.4, -0.2) is 95.2 Å². The predicted octanol–water partition coefficient (Wildman–Crippen LogP) is 12.4. The van der Waals surface area contributed by atoms with Gasteiger partial charge in [-0.15, -0.1) is 0 Å². The summed E-state index contributed by atoms with van der Waals surface area (Å²) < 4.78 is 7.29. The van der Waals surface area contributed by atoms with Crippen molar-refractivity contribution < 1.29 is 34.4 Å². The number of anilines is 1. The van der Waals surface area contributed by atoms with Crippen molar-refractivity contribution in [2.45, 2.75) is 106 Å². The fourth-order valence-electron chi connectivity index (χ4n) is 13.9. The lowest BCUT2D eigenvalue weighted by atomic mass is 9.77. The van der Waals surface area contributed by atoms with Gasteiger partial charge in [0.05, 0.1) is 0 Å². The molecule has 1 aliphatic heterocycles. The van der Waals surface area contributed by atoms with E-state index in [4.69, 9.17) is 4.74 Å². The number of hydrogen-bond acceptors (Lipinski definition) is 10. The number of fused-ring (bicyclic) bond motifs is 8. The molecule has 96 heavy (non-hydrogen) atoms. The number of nitrogens with one attached hydrogen (secondary N) is 2. The highest BCUT2D eigenvalue weighted by Gasteiger charge is 2.27. The van der Waals surface area contributed by atoms with Crippen LogP contribution in [0.15, 0.2) is 200 Å². The smallest absolute Gasteiger partial charge is 0.455 e. The van der Waals surface area contributed by atoms with Crippen molar-refractivity contribution in [3.63, 3.8) is 0 Å². The van der Waals surface area contributed by atoms with Crippen LogP contribution in [0.1, 0.15) is 113 Å². The fourth-order valence-corrected chi connectivity index (χ4v) is 13.9. The maximum Gasteiger partial charge on any atom is 0.488 e. The molecule has 0 bridgehead atoms. The van der Waals surface area contributed by atoms with Crippen molar-refractivity contribution in [3.05, 3.63) is 244 Å². The van der Waals surface area contributed by atoms with Crippen LogP contribution in [0.5, 0.6) is 11.5 Å². The molecule has 0 radical (unpaired) electrons. The zero-order valence-electron chi connectivity index (χ0n) is 56.5. The first kappa shape index (κ1) is 68.3. The van der Waals surface area contributed by atoms with E-state index in [1.54, 1.807) is 26.0 Å². The highest BCUT2D eigenvalue weighted by Crippen LogP contribution is 2.45. The summed E-state index contributed by atoms with van der Waals surface area (Å²) in [5.41, 5.74) is 13.4. The maximum absolute atomic E-state index is 12.8. The number of ether oxygens (including phenoxy) is 1. The highest BCUT2D eigenvalue weighted by molar-refractivity contribution is 6.59. The normalized spacial score (nSPS) is 12.3. The third-order valence-corrected chi connectivity index (χ3v) is 19.1. The summed E-state index contributed by atoms with van der Waals surface area (Å²) in [5.74, 6) is 1.30. The number of unbranched alkanes of at least 4 members (excludes halogenated alkanes) is 1. The molecule has 0 aromatic heterocycles. The zero-order valence-corrected chi connectivity index (χ0v) is 56.5. The van der Waals surface area contributed by atoms with Gasteiger partial charge in [0.1, 0.15) is 11.5 Å². The third kappa shape index (κ3) is 15.1. The highest BCUT2D eigenvalue weighted by atomic mass is 16.5. The summed E-state index contributed by atoms with van der Waals surface area (Å²) in [4.78, 5) is 32.5. The van der Waals surface area contributed by atoms with Gasteiger partial charge in [0, 0.05) is 109 Å². The molecule has 0 aliphatic carbocycles. The lowest BCUT2D eigenvalue weighted by Gasteiger charge is -2.28. The van der Waals surface area contributed by atoms with Gasteiger partial charge in [0.15, 0.2) is 0 Å². The van der Waals surface area contributed by atoms with Crippen molar-refractivity contribution in [1.29, 1.82) is 0 Å². The van der Waals surface area contributed by atoms with Gasteiger partial charge in [0.25, 0.3) is 0 Å². The van der Waals surface area contributed by atoms with Crippen molar-refractivity contribution in [1.82, 2.24) is 20.4 Å². The largest absolute Gasteiger partial charge is 0.488 e. The van der Waals surface area contributed by atoms with Crippen LogP contribution in [0.3, 0.4) is 0 Å². The summed E-state index contributed by atoms with van der Waals surface area (Å²) >= 11 is 0. The molecule has 10 aromatic carbocycles. The lowest BCUT2D eigenvalue weighted by Crippen LogP contribution is -2.36. The van der Waals surface area contributed by atoms with Gasteiger partial charge in [-0.25, -0.2) is 0 Å². The molecule has 0 saturated carbocycles. The number of benzene rings is 10. The van der Waals surface area contributed by atoms with E-state index in [-0.39, 0.29) is 11.8 Å². The maximum atomic E-state index is 12.8. The van der Waals surface area contributed by atoms with Gasteiger partial charge < -0.3 is 40.4 Å². The van der Waals surface area contributed by atoms with Crippen molar-refractivity contribution in [2.75, 3.05) is 44.2 Å². The topological polar surface area (TPSA) is 158 Å². The zero-order chi connectivity index (χ0) is 67.6. The van der Waals surface area contributed by atoms with Crippen LogP contribution in [0.25, 0.3) is 65.4 Å². The Hall–Kier alpha value is -9.11. The molecule has 6 N–H and O–H groups in total. The minimum absolute atomic E-state index is 0.198. The van der Waals surface area contributed by atoms with E-state index in [2.05, 4.69) is 194 Å². The van der Waals surface area contributed by atoms with E-state index in [0.717, 1.165) is 149 Å². The van der Waals surface area contributed by atoms with Gasteiger partial charge in [-0.05, 0) is 190 Å². The Morgan fingerprint density at radius 2 is 1.01 bits per heavy atom. The molecule has 14 heteroatoms. The molecule has 0 atom stereocenters. The van der Waals surface area contributed by atoms with E-state index in [1.807, 2.05) is 36.4 Å². The van der Waals surface area contributed by atoms with Gasteiger partial charge in [-0.1, -0.05) is 172 Å². The van der Waals surface area contributed by atoms with E-state index in [0.29, 0.717) is 87.3 Å². The number of hydrogen-bond donors (Lipinski definition) is 6. The Bertz CT molecular complexity index is 4680. The van der Waals surface area contributed by atoms with Crippen LogP contribution in [0.4, 0.5) is 5.69 Å². The molecule has 0 spiro atoms. The van der Waals surface area contributed by atoms with E-state index in [1.165, 1.54) is 16.5 Å². The van der Waals surface area contributed by atoms with E-state index >= 15 is 0 Å². The standard InChI is InChI=1S/C82H89B2N5O7/c1-9-13-22-56(10-2)59-33-38-66-61(47-59)35-40-71-78(72-41-36-62-48-65(89(11-3)12-4)37-42-67(62)80(72)96-79(66)71)58-31-29-57(30-32-58)60-34-39-70-73(49-60)75(53-88(46-21-44-86-82(91)55(7)8)51-64-24-15-19-28-77(64)84(94)95)69-26-17-16-25-68(69)74(70)52-87(45-20-43-85-81(90)54(5)6)50-63-23-14-18-27-76(63)83(92)93/h14-19,23-42,47-49,92-95H,5,7,9-13,20-22,43-46,50-53H2,1-4,6,8H3,(H,85,90)(H,86,91)/b59-56+. The number of carbonyl (C=O) groups is 2. The molecule has 1 aliphatic rings. The second-order valence-corrected chi connectivity index (χ2v) is 25.6. The molecule has 1 heterocycles. The lowest BCUT2D eigenvalue weighted by molar-refractivity contribution is -0.118. The minimum atomic E-state index is -1.67. The Kier molecular flexibility index (Phi) is 22.2. The third-order valence-electron chi connectivity index (χ3n) is 19.1. The molecule has 11 rings (SSSR count). The quantitative estimate of drug-likeness (QED) is 0.0115. The predicted molar refractivity (Wildman–Crippen MR) is 398 cm³/mol. The summed E-state index contributed by atoms with van der Waals surface area (Å²) in [6, 6.07) is 61.6. The van der Waals surface area contributed by atoms with E-state index < -0.39 is 14.2 Å². The fraction of sp³-hybridized carbons (Fsp3) is 0.268. The molecular weight excluding hydrogens is 1190 g/mol. The number of amides is 2. The Labute approximate surface area is 565 Å².